The topological polar surface area (TPSA) is 29.5 Å². The number of ether oxygens (including phenoxy) is 1. The largest absolute Gasteiger partial charge is 0.376 e. The molecular weight excluding hydrogens is 370 g/mol. The molecule has 0 aliphatic carbocycles. The van der Waals surface area contributed by atoms with Crippen LogP contribution in [0.3, 0.4) is 0 Å². The van der Waals surface area contributed by atoms with Gasteiger partial charge in [0, 0.05) is 26.1 Å². The molecule has 0 spiro atoms. The summed E-state index contributed by atoms with van der Waals surface area (Å²) in [4.78, 5) is 14.7. The molecule has 30 heavy (non-hydrogen) atoms. The van der Waals surface area contributed by atoms with E-state index in [1.54, 1.807) is 0 Å². The third-order valence-electron chi connectivity index (χ3n) is 6.38. The molecule has 1 amide bonds. The lowest BCUT2D eigenvalue weighted by molar-refractivity contribution is -0.132. The number of benzene rings is 2. The average molecular weight is 408 g/mol. The van der Waals surface area contributed by atoms with E-state index in [0.29, 0.717) is 24.8 Å². The van der Waals surface area contributed by atoms with Crippen LogP contribution < -0.4 is 0 Å². The minimum Gasteiger partial charge on any atom is -0.376 e. The third-order valence-corrected chi connectivity index (χ3v) is 6.38. The first-order chi connectivity index (χ1) is 14.5. The van der Waals surface area contributed by atoms with Gasteiger partial charge in [0.05, 0.1) is 5.60 Å². The Labute approximate surface area is 182 Å². The second kappa shape index (κ2) is 10.8. The molecule has 1 aliphatic heterocycles. The van der Waals surface area contributed by atoms with Crippen molar-refractivity contribution in [2.24, 2.45) is 11.8 Å². The molecule has 162 valence electrons. The molecule has 0 bridgehead atoms. The summed E-state index contributed by atoms with van der Waals surface area (Å²) in [5.74, 6) is 1.42. The summed E-state index contributed by atoms with van der Waals surface area (Å²) in [7, 11) is 0. The number of nitrogens with zero attached hydrogens (tertiary/aromatic N) is 1. The van der Waals surface area contributed by atoms with E-state index >= 15 is 0 Å². The van der Waals surface area contributed by atoms with E-state index in [1.165, 1.54) is 11.1 Å². The van der Waals surface area contributed by atoms with Crippen LogP contribution in [0.15, 0.2) is 60.7 Å². The van der Waals surface area contributed by atoms with E-state index in [0.717, 1.165) is 38.8 Å². The van der Waals surface area contributed by atoms with Crippen molar-refractivity contribution in [1.29, 1.82) is 0 Å². The highest BCUT2D eigenvalue weighted by atomic mass is 16.5. The van der Waals surface area contributed by atoms with Crippen molar-refractivity contribution in [3.63, 3.8) is 0 Å². The zero-order chi connectivity index (χ0) is 21.4. The zero-order valence-electron chi connectivity index (χ0n) is 18.8. The average Bonchev–Trinajstić information content (AvgIpc) is 2.75. The number of rotatable bonds is 9. The fourth-order valence-corrected chi connectivity index (χ4v) is 4.74. The van der Waals surface area contributed by atoms with E-state index in [1.807, 2.05) is 25.1 Å². The van der Waals surface area contributed by atoms with Crippen molar-refractivity contribution >= 4 is 5.91 Å². The van der Waals surface area contributed by atoms with Crippen LogP contribution in [0.1, 0.15) is 57.6 Å². The number of carbonyl (C=O) groups is 1. The van der Waals surface area contributed by atoms with Gasteiger partial charge in [-0.15, -0.1) is 0 Å². The maximum absolute atomic E-state index is 12.7. The predicted octanol–water partition coefficient (Wildman–Crippen LogP) is 5.88. The van der Waals surface area contributed by atoms with Crippen LogP contribution in [0.25, 0.3) is 0 Å². The standard InChI is InChI=1S/C27H37NO2/c1-4-26(29)28(21-23-13-9-6-10-14-23)17-15-24(19-22-11-7-5-8-12-22)25-16-18-30-27(2,3)20-25/h5-14,24-25H,4,15-21H2,1-3H3/t24-,25-/m1/s1. The highest BCUT2D eigenvalue weighted by Gasteiger charge is 2.33. The Bertz CT molecular complexity index is 772. The molecule has 0 N–H and O–H groups in total. The smallest absolute Gasteiger partial charge is 0.222 e. The molecule has 0 radical (unpaired) electrons. The third kappa shape index (κ3) is 6.70. The van der Waals surface area contributed by atoms with Gasteiger partial charge in [0.25, 0.3) is 0 Å². The Hall–Kier alpha value is -2.13. The highest BCUT2D eigenvalue weighted by molar-refractivity contribution is 5.75. The van der Waals surface area contributed by atoms with Gasteiger partial charge in [-0.2, -0.15) is 0 Å². The Kier molecular flexibility index (Phi) is 8.09. The fourth-order valence-electron chi connectivity index (χ4n) is 4.74. The molecule has 0 saturated carbocycles. The Balaban J connectivity index is 1.72. The lowest BCUT2D eigenvalue weighted by atomic mass is 9.75. The molecule has 2 aromatic carbocycles. The molecule has 1 saturated heterocycles. The predicted molar refractivity (Wildman–Crippen MR) is 123 cm³/mol. The Morgan fingerprint density at radius 3 is 2.30 bits per heavy atom. The number of hydrogen-bond donors (Lipinski definition) is 0. The van der Waals surface area contributed by atoms with E-state index in [4.69, 9.17) is 4.74 Å². The normalized spacial score (nSPS) is 19.2. The quantitative estimate of drug-likeness (QED) is 0.519. The van der Waals surface area contributed by atoms with Crippen LogP contribution >= 0.6 is 0 Å². The Morgan fingerprint density at radius 1 is 1.07 bits per heavy atom. The molecule has 1 aliphatic rings. The van der Waals surface area contributed by atoms with Gasteiger partial charge < -0.3 is 9.64 Å². The molecule has 1 heterocycles. The van der Waals surface area contributed by atoms with Crippen LogP contribution in [0.5, 0.6) is 0 Å². The highest BCUT2D eigenvalue weighted by Crippen LogP contribution is 2.36. The summed E-state index contributed by atoms with van der Waals surface area (Å²) >= 11 is 0. The molecular formula is C27H37NO2. The van der Waals surface area contributed by atoms with E-state index in [9.17, 15) is 4.79 Å². The lowest BCUT2D eigenvalue weighted by Gasteiger charge is -2.40. The van der Waals surface area contributed by atoms with Crippen molar-refractivity contribution in [2.45, 2.75) is 65.0 Å². The molecule has 3 heteroatoms. The number of carbonyl (C=O) groups excluding carboxylic acids is 1. The lowest BCUT2D eigenvalue weighted by Crippen LogP contribution is -2.39. The molecule has 0 unspecified atom stereocenters. The van der Waals surface area contributed by atoms with Crippen molar-refractivity contribution < 1.29 is 9.53 Å². The molecule has 1 fully saturated rings. The van der Waals surface area contributed by atoms with Gasteiger partial charge in [-0.1, -0.05) is 67.6 Å². The van der Waals surface area contributed by atoms with Crippen LogP contribution in [0.4, 0.5) is 0 Å². The summed E-state index contributed by atoms with van der Waals surface area (Å²) in [6.07, 6.45) is 4.86. The summed E-state index contributed by atoms with van der Waals surface area (Å²) in [5, 5.41) is 0. The second-order valence-corrected chi connectivity index (χ2v) is 9.25. The van der Waals surface area contributed by atoms with Crippen molar-refractivity contribution in [2.75, 3.05) is 13.2 Å². The first kappa shape index (κ1) is 22.6. The van der Waals surface area contributed by atoms with Gasteiger partial charge in [-0.05, 0) is 62.5 Å². The molecule has 0 aromatic heterocycles. The Morgan fingerprint density at radius 2 is 1.70 bits per heavy atom. The monoisotopic (exact) mass is 407 g/mol. The van der Waals surface area contributed by atoms with Crippen molar-refractivity contribution in [1.82, 2.24) is 4.90 Å². The maximum Gasteiger partial charge on any atom is 0.222 e. The van der Waals surface area contributed by atoms with Gasteiger partial charge in [0.1, 0.15) is 0 Å². The van der Waals surface area contributed by atoms with E-state index in [2.05, 4.69) is 61.2 Å². The van der Waals surface area contributed by atoms with E-state index in [-0.39, 0.29) is 11.5 Å². The van der Waals surface area contributed by atoms with Gasteiger partial charge in [0.2, 0.25) is 5.91 Å². The SMILES string of the molecule is CCC(=O)N(CC[C@H](Cc1ccccc1)[C@@H]1CCOC(C)(C)C1)Cc1ccccc1. The van der Waals surface area contributed by atoms with Crippen LogP contribution in [-0.4, -0.2) is 29.6 Å². The zero-order valence-corrected chi connectivity index (χ0v) is 18.8. The summed E-state index contributed by atoms with van der Waals surface area (Å²) in [5.41, 5.74) is 2.54. The summed E-state index contributed by atoms with van der Waals surface area (Å²) in [6, 6.07) is 21.1. The van der Waals surface area contributed by atoms with Crippen LogP contribution in [0.2, 0.25) is 0 Å². The van der Waals surface area contributed by atoms with Gasteiger partial charge in [-0.25, -0.2) is 0 Å². The van der Waals surface area contributed by atoms with Crippen LogP contribution in [-0.2, 0) is 22.5 Å². The maximum atomic E-state index is 12.7. The van der Waals surface area contributed by atoms with Crippen molar-refractivity contribution in [3.8, 4) is 0 Å². The van der Waals surface area contributed by atoms with Crippen molar-refractivity contribution in [3.05, 3.63) is 71.8 Å². The molecule has 2 aromatic rings. The van der Waals surface area contributed by atoms with Gasteiger partial charge in [-0.3, -0.25) is 4.79 Å². The van der Waals surface area contributed by atoms with Gasteiger partial charge >= 0.3 is 0 Å². The summed E-state index contributed by atoms with van der Waals surface area (Å²) in [6.45, 7) is 8.73. The minimum absolute atomic E-state index is 0.0547. The van der Waals surface area contributed by atoms with Crippen LogP contribution in [0, 0.1) is 11.8 Å². The first-order valence-electron chi connectivity index (χ1n) is 11.5. The molecule has 3 nitrogen and oxygen atoms in total. The number of amides is 1. The van der Waals surface area contributed by atoms with Gasteiger partial charge in [0.15, 0.2) is 0 Å². The molecule has 3 rings (SSSR count). The second-order valence-electron chi connectivity index (χ2n) is 9.25. The molecule has 2 atom stereocenters. The number of hydrogen-bond acceptors (Lipinski definition) is 2. The summed E-state index contributed by atoms with van der Waals surface area (Å²) < 4.78 is 5.99. The minimum atomic E-state index is -0.0547. The van der Waals surface area contributed by atoms with E-state index < -0.39 is 0 Å². The first-order valence-corrected chi connectivity index (χ1v) is 11.5. The fraction of sp³-hybridized carbons (Fsp3) is 0.519.